The van der Waals surface area contributed by atoms with Gasteiger partial charge in [-0.2, -0.15) is 0 Å². The molecule has 148 valence electrons. The fourth-order valence-corrected chi connectivity index (χ4v) is 3.53. The van der Waals surface area contributed by atoms with Crippen molar-refractivity contribution in [2.24, 2.45) is 0 Å². The maximum absolute atomic E-state index is 12.6. The zero-order chi connectivity index (χ0) is 19.4. The number of rotatable bonds is 6. The number of carbonyl (C=O) groups is 2. The van der Waals surface area contributed by atoms with Crippen LogP contribution in [0.3, 0.4) is 0 Å². The molecule has 0 bridgehead atoms. The first-order chi connectivity index (χ1) is 13.0. The minimum absolute atomic E-state index is 0.00653. The third-order valence-corrected chi connectivity index (χ3v) is 5.09. The Balaban J connectivity index is 1.75. The Kier molecular flexibility index (Phi) is 6.12. The molecule has 1 aliphatic carbocycles. The molecule has 1 aromatic heterocycles. The first-order valence-corrected chi connectivity index (χ1v) is 9.33. The molecule has 0 radical (unpaired) electrons. The van der Waals surface area contributed by atoms with Gasteiger partial charge in [-0.3, -0.25) is 29.5 Å². The molecule has 3 rings (SSSR count). The van der Waals surface area contributed by atoms with Crippen molar-refractivity contribution in [2.45, 2.75) is 38.1 Å². The summed E-state index contributed by atoms with van der Waals surface area (Å²) >= 11 is 0. The molecule has 1 aliphatic heterocycles. The van der Waals surface area contributed by atoms with Crippen LogP contribution >= 0.6 is 0 Å². The van der Waals surface area contributed by atoms with Gasteiger partial charge in [0, 0.05) is 39.0 Å². The Bertz CT molecular complexity index is 757. The largest absolute Gasteiger partial charge is 0.383 e. The van der Waals surface area contributed by atoms with Crippen LogP contribution in [0.4, 0.5) is 0 Å². The predicted molar refractivity (Wildman–Crippen MR) is 100 cm³/mol. The summed E-state index contributed by atoms with van der Waals surface area (Å²) in [6.45, 7) is 1.19. The molecule has 2 aliphatic rings. The zero-order valence-electron chi connectivity index (χ0n) is 15.9. The van der Waals surface area contributed by atoms with Crippen molar-refractivity contribution in [2.75, 3.05) is 39.0 Å². The van der Waals surface area contributed by atoms with Crippen molar-refractivity contribution in [3.05, 3.63) is 33.7 Å². The Morgan fingerprint density at radius 2 is 2.00 bits per heavy atom. The van der Waals surface area contributed by atoms with Crippen LogP contribution in [0, 0.1) is 0 Å². The summed E-state index contributed by atoms with van der Waals surface area (Å²) in [5, 5.41) is 1.77. The second-order valence-corrected chi connectivity index (χ2v) is 7.08. The van der Waals surface area contributed by atoms with Gasteiger partial charge in [0.15, 0.2) is 5.43 Å². The van der Waals surface area contributed by atoms with E-state index in [-0.39, 0.29) is 23.2 Å². The average Bonchev–Trinajstić information content (AvgIpc) is 2.68. The molecule has 1 saturated carbocycles. The number of hydrogen-bond donors (Lipinski definition) is 2. The number of aromatic nitrogens is 1. The fourth-order valence-electron chi connectivity index (χ4n) is 3.53. The van der Waals surface area contributed by atoms with Crippen LogP contribution in [0.2, 0.25) is 0 Å². The summed E-state index contributed by atoms with van der Waals surface area (Å²) in [5.74, 6) is -0.738. The van der Waals surface area contributed by atoms with E-state index in [4.69, 9.17) is 4.74 Å². The molecule has 0 spiro atoms. The average molecular weight is 377 g/mol. The van der Waals surface area contributed by atoms with Gasteiger partial charge in [-0.05, 0) is 12.8 Å². The number of amides is 2. The smallest absolute Gasteiger partial charge is 0.274 e. The molecule has 9 heteroatoms. The zero-order valence-corrected chi connectivity index (χ0v) is 15.9. The second kappa shape index (κ2) is 8.53. The molecule has 2 amide bonds. The molecular weight excluding hydrogens is 350 g/mol. The summed E-state index contributed by atoms with van der Waals surface area (Å²) < 4.78 is 6.58. The third-order valence-electron chi connectivity index (χ3n) is 5.09. The molecule has 2 heterocycles. The first-order valence-electron chi connectivity index (χ1n) is 9.33. The Morgan fingerprint density at radius 3 is 2.70 bits per heavy atom. The number of methoxy groups -OCH3 is 1. The monoisotopic (exact) mass is 377 g/mol. The van der Waals surface area contributed by atoms with E-state index in [2.05, 4.69) is 10.9 Å². The molecule has 0 aromatic carbocycles. The Labute approximate surface area is 158 Å². The number of nitrogens with one attached hydrogen (secondary N) is 2. The van der Waals surface area contributed by atoms with Crippen molar-refractivity contribution in [3.63, 3.8) is 0 Å². The normalized spacial score (nSPS) is 17.8. The van der Waals surface area contributed by atoms with Gasteiger partial charge in [0.1, 0.15) is 17.9 Å². The van der Waals surface area contributed by atoms with E-state index in [1.165, 1.54) is 18.7 Å². The molecule has 0 saturated heterocycles. The Morgan fingerprint density at radius 1 is 1.26 bits per heavy atom. The highest BCUT2D eigenvalue weighted by molar-refractivity contribution is 5.96. The van der Waals surface area contributed by atoms with Crippen LogP contribution in [0.5, 0.6) is 0 Å². The summed E-state index contributed by atoms with van der Waals surface area (Å²) in [6.07, 6.45) is 6.96. The van der Waals surface area contributed by atoms with Gasteiger partial charge in [0.2, 0.25) is 0 Å². The maximum atomic E-state index is 12.6. The second-order valence-electron chi connectivity index (χ2n) is 7.08. The van der Waals surface area contributed by atoms with Crippen molar-refractivity contribution in [1.82, 2.24) is 20.4 Å². The minimum Gasteiger partial charge on any atom is -0.383 e. The lowest BCUT2D eigenvalue weighted by Gasteiger charge is -2.37. The van der Waals surface area contributed by atoms with Gasteiger partial charge < -0.3 is 9.64 Å². The van der Waals surface area contributed by atoms with Crippen molar-refractivity contribution < 1.29 is 14.3 Å². The predicted octanol–water partition coefficient (Wildman–Crippen LogP) is 0.0429. The van der Waals surface area contributed by atoms with Crippen LogP contribution in [0.1, 0.15) is 53.0 Å². The minimum atomic E-state index is -0.483. The van der Waals surface area contributed by atoms with E-state index < -0.39 is 11.3 Å². The molecule has 1 aromatic rings. The van der Waals surface area contributed by atoms with Gasteiger partial charge in [-0.1, -0.05) is 19.3 Å². The summed E-state index contributed by atoms with van der Waals surface area (Å²) in [6, 6.07) is 1.47. The number of hydrazine groups is 1. The molecule has 0 unspecified atom stereocenters. The highest BCUT2D eigenvalue weighted by Crippen LogP contribution is 2.17. The van der Waals surface area contributed by atoms with Gasteiger partial charge in [-0.15, -0.1) is 0 Å². The molecule has 2 N–H and O–H groups in total. The van der Waals surface area contributed by atoms with Crippen LogP contribution in [-0.4, -0.2) is 61.4 Å². The summed E-state index contributed by atoms with van der Waals surface area (Å²) in [5.41, 5.74) is 5.44. The van der Waals surface area contributed by atoms with Crippen molar-refractivity contribution in [1.29, 1.82) is 0 Å². The molecule has 0 atom stereocenters. The van der Waals surface area contributed by atoms with Crippen molar-refractivity contribution in [3.8, 4) is 0 Å². The van der Waals surface area contributed by atoms with Crippen LogP contribution in [0.25, 0.3) is 0 Å². The van der Waals surface area contributed by atoms with E-state index in [0.29, 0.717) is 19.8 Å². The van der Waals surface area contributed by atoms with E-state index >= 15 is 0 Å². The van der Waals surface area contributed by atoms with Crippen molar-refractivity contribution >= 4 is 11.8 Å². The van der Waals surface area contributed by atoms with Crippen LogP contribution < -0.4 is 21.3 Å². The van der Waals surface area contributed by atoms with E-state index in [1.54, 1.807) is 28.7 Å². The number of nitrogens with zero attached hydrogens (tertiary/aromatic N) is 3. The van der Waals surface area contributed by atoms with Gasteiger partial charge in [-0.25, -0.2) is 5.43 Å². The van der Waals surface area contributed by atoms with E-state index in [0.717, 1.165) is 25.7 Å². The highest BCUT2D eigenvalue weighted by atomic mass is 16.5. The van der Waals surface area contributed by atoms with E-state index in [9.17, 15) is 14.4 Å². The number of ether oxygens (including phenoxy) is 1. The molecular formula is C18H27N5O4. The topological polar surface area (TPSA) is 95.9 Å². The van der Waals surface area contributed by atoms with Gasteiger partial charge in [0.05, 0.1) is 6.61 Å². The quantitative estimate of drug-likeness (QED) is 0.680. The summed E-state index contributed by atoms with van der Waals surface area (Å²) in [7, 11) is 3.37. The highest BCUT2D eigenvalue weighted by Gasteiger charge is 2.28. The number of carbonyl (C=O) groups excluding carboxylic acids is 2. The van der Waals surface area contributed by atoms with Gasteiger partial charge >= 0.3 is 0 Å². The standard InChI is InChI=1S/C18H27N5O4/c1-21-12-22(8-9-27-2)18(26)15-10-16(24)14(11-23(15)21)17(25)20-19-13-6-4-3-5-7-13/h10-11,13,19H,3-9,12H2,1-2H3,(H,20,25). The SMILES string of the molecule is COCCN1CN(C)n2cc(C(=O)NNC3CCCCC3)c(=O)cc2C1=O. The Hall–Kier alpha value is -2.39. The van der Waals surface area contributed by atoms with Crippen LogP contribution in [0.15, 0.2) is 17.1 Å². The third kappa shape index (κ3) is 4.30. The number of pyridine rings is 1. The lowest BCUT2D eigenvalue weighted by Crippen LogP contribution is -2.53. The number of fused-ring (bicyclic) bond motifs is 1. The molecule has 1 fully saturated rings. The van der Waals surface area contributed by atoms with Crippen LogP contribution in [-0.2, 0) is 4.74 Å². The first kappa shape index (κ1) is 19.4. The van der Waals surface area contributed by atoms with Gasteiger partial charge in [0.25, 0.3) is 11.8 Å². The lowest BCUT2D eigenvalue weighted by atomic mass is 9.96. The number of hydrogen-bond acceptors (Lipinski definition) is 6. The maximum Gasteiger partial charge on any atom is 0.274 e. The summed E-state index contributed by atoms with van der Waals surface area (Å²) in [4.78, 5) is 39.1. The molecule has 9 nitrogen and oxygen atoms in total. The molecule has 27 heavy (non-hydrogen) atoms. The fraction of sp³-hybridized carbons (Fsp3) is 0.611. The lowest BCUT2D eigenvalue weighted by molar-refractivity contribution is 0.0634. The van der Waals surface area contributed by atoms with E-state index in [1.807, 2.05) is 0 Å².